The summed E-state index contributed by atoms with van der Waals surface area (Å²) in [5.74, 6) is -1.84. The number of ether oxygens (including phenoxy) is 1. The normalized spacial score (nSPS) is 9.50. The summed E-state index contributed by atoms with van der Waals surface area (Å²) < 4.78 is 4.69. The molecule has 2 N–H and O–H groups in total. The SMILES string of the molecule is COc1c(O)ccc(C=O)c1C(=O)O. The van der Waals surface area contributed by atoms with E-state index in [1.807, 2.05) is 0 Å². The molecule has 0 aliphatic rings. The van der Waals surface area contributed by atoms with E-state index in [0.29, 0.717) is 6.29 Å². The topological polar surface area (TPSA) is 83.8 Å². The van der Waals surface area contributed by atoms with Crippen LogP contribution in [-0.4, -0.2) is 29.6 Å². The van der Waals surface area contributed by atoms with Crippen molar-refractivity contribution in [2.24, 2.45) is 0 Å². The van der Waals surface area contributed by atoms with Gasteiger partial charge in [-0.1, -0.05) is 0 Å². The highest BCUT2D eigenvalue weighted by Crippen LogP contribution is 2.31. The Morgan fingerprint density at radius 2 is 2.14 bits per heavy atom. The fourth-order valence-electron chi connectivity index (χ4n) is 1.11. The molecular formula is C9H8O5. The number of benzene rings is 1. The molecule has 0 saturated heterocycles. The van der Waals surface area contributed by atoms with E-state index >= 15 is 0 Å². The van der Waals surface area contributed by atoms with E-state index in [2.05, 4.69) is 0 Å². The summed E-state index contributed by atoms with van der Waals surface area (Å²) in [6.45, 7) is 0. The van der Waals surface area contributed by atoms with Crippen LogP contribution < -0.4 is 4.74 Å². The van der Waals surface area contributed by atoms with Crippen LogP contribution in [0.1, 0.15) is 20.7 Å². The highest BCUT2D eigenvalue weighted by atomic mass is 16.5. The molecule has 0 aliphatic heterocycles. The number of hydrogen-bond donors (Lipinski definition) is 2. The van der Waals surface area contributed by atoms with Gasteiger partial charge in [0.05, 0.1) is 7.11 Å². The zero-order valence-corrected chi connectivity index (χ0v) is 7.35. The van der Waals surface area contributed by atoms with Crippen molar-refractivity contribution >= 4 is 12.3 Å². The number of phenolic OH excluding ortho intramolecular Hbond substituents is 1. The summed E-state index contributed by atoms with van der Waals surface area (Å²) in [6, 6.07) is 2.42. The smallest absolute Gasteiger partial charge is 0.340 e. The van der Waals surface area contributed by atoms with Crippen LogP contribution in [0.25, 0.3) is 0 Å². The van der Waals surface area contributed by atoms with Gasteiger partial charge in [0.15, 0.2) is 17.8 Å². The minimum Gasteiger partial charge on any atom is -0.504 e. The summed E-state index contributed by atoms with van der Waals surface area (Å²) in [5, 5.41) is 18.0. The van der Waals surface area contributed by atoms with Crippen molar-refractivity contribution in [3.8, 4) is 11.5 Å². The maximum atomic E-state index is 10.8. The fraction of sp³-hybridized carbons (Fsp3) is 0.111. The Hall–Kier alpha value is -2.04. The molecule has 0 amide bonds. The molecule has 0 aliphatic carbocycles. The number of rotatable bonds is 3. The molecule has 14 heavy (non-hydrogen) atoms. The molecule has 0 bridgehead atoms. The molecule has 1 aromatic rings. The molecule has 0 saturated carbocycles. The fourth-order valence-corrected chi connectivity index (χ4v) is 1.11. The summed E-state index contributed by atoms with van der Waals surface area (Å²) in [5.41, 5.74) is -0.366. The molecule has 1 aromatic carbocycles. The van der Waals surface area contributed by atoms with Crippen molar-refractivity contribution in [3.05, 3.63) is 23.3 Å². The molecular weight excluding hydrogens is 188 g/mol. The Morgan fingerprint density at radius 1 is 1.50 bits per heavy atom. The van der Waals surface area contributed by atoms with E-state index in [1.54, 1.807) is 0 Å². The lowest BCUT2D eigenvalue weighted by Gasteiger charge is -2.08. The van der Waals surface area contributed by atoms with Gasteiger partial charge in [0, 0.05) is 5.56 Å². The highest BCUT2D eigenvalue weighted by Gasteiger charge is 2.19. The van der Waals surface area contributed by atoms with Gasteiger partial charge in [-0.05, 0) is 12.1 Å². The summed E-state index contributed by atoms with van der Waals surface area (Å²) in [4.78, 5) is 21.3. The average molecular weight is 196 g/mol. The Bertz CT molecular complexity index is 383. The van der Waals surface area contributed by atoms with Crippen LogP contribution in [0.15, 0.2) is 12.1 Å². The lowest BCUT2D eigenvalue weighted by molar-refractivity contribution is 0.0689. The van der Waals surface area contributed by atoms with Gasteiger partial charge in [-0.25, -0.2) is 4.79 Å². The number of aromatic carboxylic acids is 1. The molecule has 0 spiro atoms. The van der Waals surface area contributed by atoms with E-state index in [4.69, 9.17) is 9.84 Å². The lowest BCUT2D eigenvalue weighted by atomic mass is 10.1. The van der Waals surface area contributed by atoms with Crippen molar-refractivity contribution in [2.75, 3.05) is 7.11 Å². The third-order valence-electron chi connectivity index (χ3n) is 1.71. The van der Waals surface area contributed by atoms with Gasteiger partial charge < -0.3 is 14.9 Å². The van der Waals surface area contributed by atoms with Gasteiger partial charge in [0.25, 0.3) is 0 Å². The summed E-state index contributed by atoms with van der Waals surface area (Å²) in [6.07, 6.45) is 0.394. The predicted molar refractivity (Wildman–Crippen MR) is 47.0 cm³/mol. The molecule has 0 atom stereocenters. The van der Waals surface area contributed by atoms with E-state index in [9.17, 15) is 14.7 Å². The number of carboxylic acids is 1. The third kappa shape index (κ3) is 1.52. The zero-order chi connectivity index (χ0) is 10.7. The third-order valence-corrected chi connectivity index (χ3v) is 1.71. The number of aromatic hydroxyl groups is 1. The van der Waals surface area contributed by atoms with Crippen LogP contribution >= 0.6 is 0 Å². The number of aldehydes is 1. The average Bonchev–Trinajstić information content (AvgIpc) is 2.17. The van der Waals surface area contributed by atoms with Gasteiger partial charge in [-0.2, -0.15) is 0 Å². The second-order valence-electron chi connectivity index (χ2n) is 2.51. The predicted octanol–water partition coefficient (Wildman–Crippen LogP) is 0.911. The molecule has 0 unspecified atom stereocenters. The van der Waals surface area contributed by atoms with Crippen LogP contribution in [0, 0.1) is 0 Å². The Kier molecular flexibility index (Phi) is 2.71. The lowest BCUT2D eigenvalue weighted by Crippen LogP contribution is -2.05. The van der Waals surface area contributed by atoms with Gasteiger partial charge in [-0.3, -0.25) is 4.79 Å². The Labute approximate surface area is 79.6 Å². The van der Waals surface area contributed by atoms with E-state index < -0.39 is 5.97 Å². The minimum atomic E-state index is -1.32. The number of carbonyl (C=O) groups is 2. The zero-order valence-electron chi connectivity index (χ0n) is 7.35. The van der Waals surface area contributed by atoms with E-state index in [0.717, 1.165) is 0 Å². The van der Waals surface area contributed by atoms with Crippen LogP contribution in [-0.2, 0) is 0 Å². The number of carbonyl (C=O) groups excluding carboxylic acids is 1. The first-order chi connectivity index (χ1) is 6.61. The Morgan fingerprint density at radius 3 is 2.57 bits per heavy atom. The Balaban J connectivity index is 3.51. The second kappa shape index (κ2) is 3.78. The minimum absolute atomic E-state index is 0.0350. The van der Waals surface area contributed by atoms with Gasteiger partial charge in [0.2, 0.25) is 0 Å². The molecule has 0 fully saturated rings. The number of carboxylic acid groups (broad SMARTS) is 1. The van der Waals surface area contributed by atoms with E-state index in [1.165, 1.54) is 19.2 Å². The second-order valence-corrected chi connectivity index (χ2v) is 2.51. The van der Waals surface area contributed by atoms with Crippen LogP contribution in [0.5, 0.6) is 11.5 Å². The van der Waals surface area contributed by atoms with Crippen molar-refractivity contribution in [2.45, 2.75) is 0 Å². The summed E-state index contributed by atoms with van der Waals surface area (Å²) in [7, 11) is 1.22. The summed E-state index contributed by atoms with van der Waals surface area (Å²) >= 11 is 0. The van der Waals surface area contributed by atoms with Crippen molar-refractivity contribution in [1.82, 2.24) is 0 Å². The number of hydrogen-bond acceptors (Lipinski definition) is 4. The molecule has 1 rings (SSSR count). The van der Waals surface area contributed by atoms with Gasteiger partial charge in [-0.15, -0.1) is 0 Å². The highest BCUT2D eigenvalue weighted by molar-refractivity contribution is 6.00. The monoisotopic (exact) mass is 196 g/mol. The molecule has 5 nitrogen and oxygen atoms in total. The first-order valence-corrected chi connectivity index (χ1v) is 3.70. The number of methoxy groups -OCH3 is 1. The van der Waals surface area contributed by atoms with Crippen LogP contribution in [0.2, 0.25) is 0 Å². The first-order valence-electron chi connectivity index (χ1n) is 3.70. The molecule has 0 heterocycles. The molecule has 5 heteroatoms. The molecule has 74 valence electrons. The van der Waals surface area contributed by atoms with Crippen LogP contribution in [0.4, 0.5) is 0 Å². The molecule has 0 aromatic heterocycles. The number of phenols is 1. The van der Waals surface area contributed by atoms with E-state index in [-0.39, 0.29) is 22.6 Å². The maximum Gasteiger partial charge on any atom is 0.340 e. The standard InChI is InChI=1S/C9H8O5/c1-14-8-6(11)3-2-5(4-10)7(8)9(12)13/h2-4,11H,1H3,(H,12,13). The van der Waals surface area contributed by atoms with Crippen molar-refractivity contribution in [1.29, 1.82) is 0 Å². The largest absolute Gasteiger partial charge is 0.504 e. The van der Waals surface area contributed by atoms with Gasteiger partial charge >= 0.3 is 5.97 Å². The van der Waals surface area contributed by atoms with Gasteiger partial charge in [0.1, 0.15) is 5.56 Å². The van der Waals surface area contributed by atoms with Crippen LogP contribution in [0.3, 0.4) is 0 Å². The van der Waals surface area contributed by atoms with Crippen molar-refractivity contribution < 1.29 is 24.5 Å². The molecule has 0 radical (unpaired) electrons. The maximum absolute atomic E-state index is 10.8. The van der Waals surface area contributed by atoms with Crippen molar-refractivity contribution in [3.63, 3.8) is 0 Å². The first kappa shape index (κ1) is 10.0. The quantitative estimate of drug-likeness (QED) is 0.702.